The van der Waals surface area contributed by atoms with Gasteiger partial charge < -0.3 is 4.57 Å². The van der Waals surface area contributed by atoms with Crippen molar-refractivity contribution in [3.05, 3.63) is 95.6 Å². The number of benzene rings is 2. The second kappa shape index (κ2) is 6.15. The highest BCUT2D eigenvalue weighted by Crippen LogP contribution is 2.30. The molecule has 1 unspecified atom stereocenters. The van der Waals surface area contributed by atoms with E-state index >= 15 is 0 Å². The first-order valence-electron chi connectivity index (χ1n) is 6.82. The summed E-state index contributed by atoms with van der Waals surface area (Å²) in [5.74, 6) is 0.186. The fourth-order valence-electron chi connectivity index (χ4n) is 2.62. The van der Waals surface area contributed by atoms with E-state index in [0.29, 0.717) is 11.4 Å². The summed E-state index contributed by atoms with van der Waals surface area (Å²) in [6, 6.07) is 20.5. The van der Waals surface area contributed by atoms with E-state index in [1.165, 1.54) is 6.07 Å². The fourth-order valence-corrected chi connectivity index (χ4v) is 2.84. The average molecular weight is 300 g/mol. The van der Waals surface area contributed by atoms with E-state index in [4.69, 9.17) is 11.6 Å². The number of hydrogen-bond donors (Lipinski definition) is 0. The van der Waals surface area contributed by atoms with Crippen LogP contribution in [-0.2, 0) is 5.88 Å². The van der Waals surface area contributed by atoms with E-state index < -0.39 is 0 Å². The van der Waals surface area contributed by atoms with E-state index in [2.05, 4.69) is 0 Å². The lowest BCUT2D eigenvalue weighted by Gasteiger charge is -2.23. The van der Waals surface area contributed by atoms with Gasteiger partial charge in [-0.1, -0.05) is 48.5 Å². The monoisotopic (exact) mass is 299 g/mol. The van der Waals surface area contributed by atoms with Crippen molar-refractivity contribution in [1.29, 1.82) is 0 Å². The molecule has 106 valence electrons. The first kappa shape index (κ1) is 13.9. The predicted octanol–water partition coefficient (Wildman–Crippen LogP) is 5.00. The molecule has 0 N–H and O–H groups in total. The van der Waals surface area contributed by atoms with Gasteiger partial charge in [0.2, 0.25) is 0 Å². The Labute approximate surface area is 128 Å². The minimum absolute atomic E-state index is 0.208. The molecule has 0 aliphatic heterocycles. The van der Waals surface area contributed by atoms with Gasteiger partial charge in [0, 0.05) is 17.5 Å². The maximum atomic E-state index is 14.3. The molecule has 0 radical (unpaired) electrons. The molecular weight excluding hydrogens is 285 g/mol. The van der Waals surface area contributed by atoms with Crippen molar-refractivity contribution >= 4 is 11.6 Å². The molecule has 2 aromatic carbocycles. The van der Waals surface area contributed by atoms with Gasteiger partial charge in [0.1, 0.15) is 5.82 Å². The van der Waals surface area contributed by atoms with Crippen LogP contribution in [0, 0.1) is 5.82 Å². The second-order valence-corrected chi connectivity index (χ2v) is 5.14. The summed E-state index contributed by atoms with van der Waals surface area (Å²) in [5, 5.41) is 0. The van der Waals surface area contributed by atoms with Crippen molar-refractivity contribution in [2.75, 3.05) is 0 Å². The highest BCUT2D eigenvalue weighted by molar-refractivity contribution is 6.16. The molecule has 0 spiro atoms. The zero-order chi connectivity index (χ0) is 14.7. The van der Waals surface area contributed by atoms with Crippen LogP contribution in [0.15, 0.2) is 72.9 Å². The number of halogens is 2. The van der Waals surface area contributed by atoms with Crippen molar-refractivity contribution < 1.29 is 4.39 Å². The molecule has 1 nitrogen and oxygen atoms in total. The van der Waals surface area contributed by atoms with Gasteiger partial charge in [-0.25, -0.2) is 4.39 Å². The molecule has 1 aromatic heterocycles. The largest absolute Gasteiger partial charge is 0.339 e. The van der Waals surface area contributed by atoms with Gasteiger partial charge >= 0.3 is 0 Å². The van der Waals surface area contributed by atoms with Gasteiger partial charge in [0.15, 0.2) is 0 Å². The Balaban J connectivity index is 2.19. The maximum Gasteiger partial charge on any atom is 0.128 e. The Morgan fingerprint density at radius 1 is 0.905 bits per heavy atom. The molecule has 1 heterocycles. The third kappa shape index (κ3) is 2.72. The van der Waals surface area contributed by atoms with E-state index in [-0.39, 0.29) is 11.9 Å². The van der Waals surface area contributed by atoms with Gasteiger partial charge in [-0.2, -0.15) is 0 Å². The van der Waals surface area contributed by atoms with Crippen molar-refractivity contribution in [1.82, 2.24) is 4.57 Å². The van der Waals surface area contributed by atoms with Crippen molar-refractivity contribution in [2.45, 2.75) is 11.9 Å². The van der Waals surface area contributed by atoms with Crippen molar-refractivity contribution in [2.24, 2.45) is 0 Å². The van der Waals surface area contributed by atoms with Gasteiger partial charge in [-0.15, -0.1) is 11.6 Å². The zero-order valence-corrected chi connectivity index (χ0v) is 12.2. The molecule has 0 fully saturated rings. The maximum absolute atomic E-state index is 14.3. The minimum Gasteiger partial charge on any atom is -0.339 e. The molecule has 0 aliphatic carbocycles. The standard InChI is InChI=1S/C18H15ClFN/c19-13-15-9-6-12-21(15)18(14-7-2-1-3-8-14)16-10-4-5-11-17(16)20/h1-12,18H,13H2. The third-order valence-electron chi connectivity index (χ3n) is 3.60. The predicted molar refractivity (Wildman–Crippen MR) is 84.1 cm³/mol. The Kier molecular flexibility index (Phi) is 4.07. The highest BCUT2D eigenvalue weighted by Gasteiger charge is 2.20. The highest BCUT2D eigenvalue weighted by atomic mass is 35.5. The normalized spacial score (nSPS) is 12.3. The van der Waals surface area contributed by atoms with Crippen LogP contribution in [0.2, 0.25) is 0 Å². The van der Waals surface area contributed by atoms with Crippen LogP contribution in [0.4, 0.5) is 4.39 Å². The van der Waals surface area contributed by atoms with Crippen LogP contribution in [0.3, 0.4) is 0 Å². The number of rotatable bonds is 4. The van der Waals surface area contributed by atoms with Crippen LogP contribution in [0.1, 0.15) is 22.9 Å². The lowest BCUT2D eigenvalue weighted by Crippen LogP contribution is -2.15. The number of nitrogens with zero attached hydrogens (tertiary/aromatic N) is 1. The van der Waals surface area contributed by atoms with Gasteiger partial charge in [0.05, 0.1) is 11.9 Å². The summed E-state index contributed by atoms with van der Waals surface area (Å²) in [6.45, 7) is 0. The van der Waals surface area contributed by atoms with Crippen LogP contribution < -0.4 is 0 Å². The van der Waals surface area contributed by atoms with Gasteiger partial charge in [0.25, 0.3) is 0 Å². The smallest absolute Gasteiger partial charge is 0.128 e. The summed E-state index contributed by atoms with van der Waals surface area (Å²) < 4.78 is 16.3. The molecule has 0 saturated carbocycles. The van der Waals surface area contributed by atoms with E-state index in [1.54, 1.807) is 6.07 Å². The molecule has 0 bridgehead atoms. The molecule has 0 aliphatic rings. The molecule has 3 aromatic rings. The Morgan fingerprint density at radius 3 is 2.33 bits per heavy atom. The van der Waals surface area contributed by atoms with Crippen LogP contribution in [0.5, 0.6) is 0 Å². The Hall–Kier alpha value is -2.06. The molecular formula is C18H15ClFN. The topological polar surface area (TPSA) is 4.93 Å². The van der Waals surface area contributed by atoms with Crippen LogP contribution in [-0.4, -0.2) is 4.57 Å². The van der Waals surface area contributed by atoms with E-state index in [0.717, 1.165) is 11.3 Å². The first-order chi connectivity index (χ1) is 10.3. The van der Waals surface area contributed by atoms with Gasteiger partial charge in [-0.3, -0.25) is 0 Å². The molecule has 1 atom stereocenters. The van der Waals surface area contributed by atoms with Crippen LogP contribution in [0.25, 0.3) is 0 Å². The zero-order valence-electron chi connectivity index (χ0n) is 11.4. The van der Waals surface area contributed by atoms with E-state index in [9.17, 15) is 4.39 Å². The molecule has 0 saturated heterocycles. The van der Waals surface area contributed by atoms with Crippen molar-refractivity contribution in [3.8, 4) is 0 Å². The molecule has 3 heteroatoms. The minimum atomic E-state index is -0.212. The summed E-state index contributed by atoms with van der Waals surface area (Å²) in [5.41, 5.74) is 2.64. The lowest BCUT2D eigenvalue weighted by atomic mass is 9.98. The Bertz CT molecular complexity index is 721. The summed E-state index contributed by atoms with van der Waals surface area (Å²) in [4.78, 5) is 0. The van der Waals surface area contributed by atoms with E-state index in [1.807, 2.05) is 65.4 Å². The SMILES string of the molecule is Fc1ccccc1C(c1ccccc1)n1cccc1CCl. The number of hydrogen-bond acceptors (Lipinski definition) is 0. The number of aromatic nitrogens is 1. The average Bonchev–Trinajstić information content (AvgIpc) is 2.99. The van der Waals surface area contributed by atoms with Crippen molar-refractivity contribution in [3.63, 3.8) is 0 Å². The molecule has 3 rings (SSSR count). The fraction of sp³-hybridized carbons (Fsp3) is 0.111. The quantitative estimate of drug-likeness (QED) is 0.597. The van der Waals surface area contributed by atoms with Crippen LogP contribution >= 0.6 is 11.6 Å². The third-order valence-corrected chi connectivity index (χ3v) is 3.87. The Morgan fingerprint density at radius 2 is 1.62 bits per heavy atom. The second-order valence-electron chi connectivity index (χ2n) is 4.88. The molecule has 0 amide bonds. The summed E-state index contributed by atoms with van der Waals surface area (Å²) in [7, 11) is 0. The van der Waals surface area contributed by atoms with Gasteiger partial charge in [-0.05, 0) is 23.8 Å². The summed E-state index contributed by atoms with van der Waals surface area (Å²) >= 11 is 6.02. The molecule has 21 heavy (non-hydrogen) atoms. The lowest BCUT2D eigenvalue weighted by molar-refractivity contribution is 0.568. The first-order valence-corrected chi connectivity index (χ1v) is 7.36. The number of alkyl halides is 1. The summed E-state index contributed by atoms with van der Waals surface area (Å²) in [6.07, 6.45) is 1.95.